The normalized spacial score (nSPS) is 48.8. The number of allylic oxidation sites excluding steroid dienone is 4. The summed E-state index contributed by atoms with van der Waals surface area (Å²) in [6.07, 6.45) is -0.652. The van der Waals surface area contributed by atoms with Gasteiger partial charge in [-0.05, 0) is 49.7 Å². The summed E-state index contributed by atoms with van der Waals surface area (Å²) in [6, 6.07) is 0. The lowest BCUT2D eigenvalue weighted by Crippen LogP contribution is -2.68. The van der Waals surface area contributed by atoms with Crippen LogP contribution < -0.4 is 0 Å². The Morgan fingerprint density at radius 3 is 2.58 bits per heavy atom. The SMILES string of the molecule is CCC(=O)O[C@H]1C(C)C[C@H]2[C@@H]3C[C@H](F)C4=CC(=O)C(CF)=C[C@]4(C)[C@@]3(F)[C@@H](O)C[C@]12C. The number of carbonyl (C=O) groups is 2. The molecule has 7 heteroatoms. The van der Waals surface area contributed by atoms with Crippen molar-refractivity contribution in [1.29, 1.82) is 0 Å². The quantitative estimate of drug-likeness (QED) is 0.668. The van der Waals surface area contributed by atoms with Crippen molar-refractivity contribution in [2.24, 2.45) is 28.6 Å². The second-order valence-corrected chi connectivity index (χ2v) is 10.4. The van der Waals surface area contributed by atoms with Crippen LogP contribution in [0.2, 0.25) is 0 Å². The van der Waals surface area contributed by atoms with Gasteiger partial charge in [0.05, 0.1) is 6.10 Å². The third-order valence-corrected chi connectivity index (χ3v) is 8.73. The first-order valence-electron chi connectivity index (χ1n) is 11.2. The average molecular weight is 441 g/mol. The molecule has 0 spiro atoms. The van der Waals surface area contributed by atoms with Gasteiger partial charge in [0.1, 0.15) is 19.0 Å². The second kappa shape index (κ2) is 7.19. The van der Waals surface area contributed by atoms with Crippen LogP contribution >= 0.6 is 0 Å². The summed E-state index contributed by atoms with van der Waals surface area (Å²) in [5, 5.41) is 11.2. The Labute approximate surface area is 180 Å². The summed E-state index contributed by atoms with van der Waals surface area (Å²) in [5.41, 5.74) is -4.79. The molecule has 0 amide bonds. The van der Waals surface area contributed by atoms with Gasteiger partial charge in [0.25, 0.3) is 0 Å². The van der Waals surface area contributed by atoms with Crippen LogP contribution in [0.5, 0.6) is 0 Å². The fraction of sp³-hybridized carbons (Fsp3) is 0.750. The van der Waals surface area contributed by atoms with Crippen molar-refractivity contribution >= 4 is 11.8 Å². The van der Waals surface area contributed by atoms with Gasteiger partial charge in [-0.1, -0.05) is 26.8 Å². The Hall–Kier alpha value is -1.63. The number of aliphatic hydroxyl groups is 1. The minimum Gasteiger partial charge on any atom is -0.461 e. The number of aliphatic hydroxyl groups excluding tert-OH is 1. The van der Waals surface area contributed by atoms with Crippen molar-refractivity contribution in [2.45, 2.75) is 77.4 Å². The van der Waals surface area contributed by atoms with Gasteiger partial charge < -0.3 is 9.84 Å². The van der Waals surface area contributed by atoms with Gasteiger partial charge >= 0.3 is 5.97 Å². The van der Waals surface area contributed by atoms with Gasteiger partial charge in [-0.15, -0.1) is 0 Å². The summed E-state index contributed by atoms with van der Waals surface area (Å²) in [7, 11) is 0. The molecule has 172 valence electrons. The Bertz CT molecular complexity index is 869. The van der Waals surface area contributed by atoms with E-state index in [0.717, 1.165) is 6.08 Å². The first-order valence-corrected chi connectivity index (χ1v) is 11.2. The topological polar surface area (TPSA) is 63.6 Å². The fourth-order valence-electron chi connectivity index (χ4n) is 7.28. The Kier molecular flexibility index (Phi) is 5.23. The summed E-state index contributed by atoms with van der Waals surface area (Å²) >= 11 is 0. The van der Waals surface area contributed by atoms with E-state index in [1.54, 1.807) is 6.92 Å². The van der Waals surface area contributed by atoms with Crippen molar-refractivity contribution in [3.8, 4) is 0 Å². The smallest absolute Gasteiger partial charge is 0.305 e. The maximum absolute atomic E-state index is 17.1. The molecule has 4 aliphatic rings. The molecule has 0 aliphatic heterocycles. The number of hydrogen-bond donors (Lipinski definition) is 1. The second-order valence-electron chi connectivity index (χ2n) is 10.4. The van der Waals surface area contributed by atoms with Crippen molar-refractivity contribution in [1.82, 2.24) is 0 Å². The molecule has 0 bridgehead atoms. The Balaban J connectivity index is 1.81. The van der Waals surface area contributed by atoms with Gasteiger partial charge in [0, 0.05) is 28.7 Å². The number of carbonyl (C=O) groups excluding carboxylic acids is 2. The van der Waals surface area contributed by atoms with Crippen LogP contribution in [0.3, 0.4) is 0 Å². The van der Waals surface area contributed by atoms with Crippen molar-refractivity contribution < 1.29 is 32.6 Å². The largest absolute Gasteiger partial charge is 0.461 e. The first kappa shape index (κ1) is 22.6. The molecule has 3 fully saturated rings. The standard InChI is InChI=1S/C24H31F3O4/c1-5-20(30)31-21-12(2)6-14-15-7-17(26)16-8-18(28)13(11-25)9-23(16,4)24(15,27)19(29)10-22(14,21)3/h8-9,12,14-15,17,19,21,29H,5-7,10-11H2,1-4H3/t12?,14-,15-,17-,19-,21-,22-,23-,24-/m0/s1. The molecule has 0 radical (unpaired) electrons. The third kappa shape index (κ3) is 2.84. The number of esters is 1. The molecular formula is C24H31F3O4. The number of hydrogen-bond acceptors (Lipinski definition) is 4. The van der Waals surface area contributed by atoms with Gasteiger partial charge in [0.15, 0.2) is 11.5 Å². The highest BCUT2D eigenvalue weighted by Gasteiger charge is 2.73. The lowest BCUT2D eigenvalue weighted by atomic mass is 9.45. The number of ketones is 1. The van der Waals surface area contributed by atoms with Crippen LogP contribution in [-0.2, 0) is 14.3 Å². The molecule has 4 nitrogen and oxygen atoms in total. The predicted molar refractivity (Wildman–Crippen MR) is 108 cm³/mol. The van der Waals surface area contributed by atoms with Crippen LogP contribution in [0.25, 0.3) is 0 Å². The monoisotopic (exact) mass is 440 g/mol. The Morgan fingerprint density at radius 1 is 1.29 bits per heavy atom. The molecule has 4 aliphatic carbocycles. The predicted octanol–water partition coefficient (Wildman–Crippen LogP) is 4.21. The van der Waals surface area contributed by atoms with Crippen LogP contribution in [0.15, 0.2) is 23.3 Å². The number of ether oxygens (including phenoxy) is 1. The molecule has 9 atom stereocenters. The summed E-state index contributed by atoms with van der Waals surface area (Å²) in [5.74, 6) is -2.22. The molecular weight excluding hydrogens is 409 g/mol. The molecule has 4 rings (SSSR count). The van der Waals surface area contributed by atoms with E-state index in [0.29, 0.717) is 6.42 Å². The maximum atomic E-state index is 17.1. The molecule has 0 heterocycles. The Morgan fingerprint density at radius 2 is 1.97 bits per heavy atom. The lowest BCUT2D eigenvalue weighted by Gasteiger charge is -2.62. The highest BCUT2D eigenvalue weighted by molar-refractivity contribution is 6.06. The van der Waals surface area contributed by atoms with Gasteiger partial charge in [-0.2, -0.15) is 0 Å². The van der Waals surface area contributed by atoms with Gasteiger partial charge in [-0.25, -0.2) is 13.2 Å². The van der Waals surface area contributed by atoms with E-state index in [1.807, 2.05) is 13.8 Å². The number of alkyl halides is 3. The molecule has 1 unspecified atom stereocenters. The summed E-state index contributed by atoms with van der Waals surface area (Å²) in [4.78, 5) is 24.2. The van der Waals surface area contributed by atoms with Crippen LogP contribution in [0.4, 0.5) is 13.2 Å². The van der Waals surface area contributed by atoms with E-state index in [1.165, 1.54) is 13.0 Å². The number of halogens is 3. The maximum Gasteiger partial charge on any atom is 0.305 e. The summed E-state index contributed by atoms with van der Waals surface area (Å²) < 4.78 is 51.7. The zero-order chi connectivity index (χ0) is 22.9. The molecule has 3 saturated carbocycles. The van der Waals surface area contributed by atoms with E-state index in [2.05, 4.69) is 0 Å². The first-order chi connectivity index (χ1) is 14.4. The molecule has 1 N–H and O–H groups in total. The van der Waals surface area contributed by atoms with E-state index in [-0.39, 0.29) is 48.2 Å². The molecule has 0 aromatic rings. The van der Waals surface area contributed by atoms with E-state index >= 15 is 8.78 Å². The van der Waals surface area contributed by atoms with Crippen LogP contribution in [0.1, 0.15) is 53.4 Å². The zero-order valence-electron chi connectivity index (χ0n) is 18.5. The molecule has 0 saturated heterocycles. The van der Waals surface area contributed by atoms with Crippen LogP contribution in [-0.4, -0.2) is 47.6 Å². The van der Waals surface area contributed by atoms with E-state index < -0.39 is 53.3 Å². The number of fused-ring (bicyclic) bond motifs is 5. The highest BCUT2D eigenvalue weighted by atomic mass is 19.1. The van der Waals surface area contributed by atoms with Crippen molar-refractivity contribution in [3.05, 3.63) is 23.3 Å². The average Bonchev–Trinajstić information content (AvgIpc) is 2.95. The van der Waals surface area contributed by atoms with E-state index in [9.17, 15) is 19.1 Å². The molecule has 31 heavy (non-hydrogen) atoms. The summed E-state index contributed by atoms with van der Waals surface area (Å²) in [6.45, 7) is 5.93. The fourth-order valence-corrected chi connectivity index (χ4v) is 7.28. The highest BCUT2D eigenvalue weighted by Crippen LogP contribution is 2.69. The lowest BCUT2D eigenvalue weighted by molar-refractivity contribution is -0.212. The van der Waals surface area contributed by atoms with Gasteiger partial charge in [-0.3, -0.25) is 9.59 Å². The molecule has 0 aromatic heterocycles. The molecule has 0 aromatic carbocycles. The van der Waals surface area contributed by atoms with Crippen molar-refractivity contribution in [3.63, 3.8) is 0 Å². The van der Waals surface area contributed by atoms with E-state index in [4.69, 9.17) is 4.74 Å². The number of rotatable bonds is 3. The minimum atomic E-state index is -2.25. The van der Waals surface area contributed by atoms with Gasteiger partial charge in [0.2, 0.25) is 0 Å². The third-order valence-electron chi connectivity index (χ3n) is 8.73. The van der Waals surface area contributed by atoms with Crippen LogP contribution in [0, 0.1) is 28.6 Å². The van der Waals surface area contributed by atoms with Crippen molar-refractivity contribution in [2.75, 3.05) is 6.67 Å². The zero-order valence-corrected chi connectivity index (χ0v) is 18.5. The minimum absolute atomic E-state index is 0.0175.